The number of carbonyl (C=O) groups is 1. The van der Waals surface area contributed by atoms with Crippen molar-refractivity contribution < 1.29 is 9.90 Å². The molecule has 1 aliphatic carbocycles. The second-order valence-corrected chi connectivity index (χ2v) is 5.11. The number of carbonyl (C=O) groups excluding carboxylic acids is 1. The van der Waals surface area contributed by atoms with Crippen LogP contribution in [0.2, 0.25) is 0 Å². The molecule has 98 valence electrons. The van der Waals surface area contributed by atoms with Gasteiger partial charge in [0, 0.05) is 23.2 Å². The fraction of sp³-hybridized carbons (Fsp3) is 0.500. The summed E-state index contributed by atoms with van der Waals surface area (Å²) < 4.78 is 0. The minimum atomic E-state index is -0.335. The van der Waals surface area contributed by atoms with Crippen LogP contribution in [0.15, 0.2) is 24.3 Å². The molecular weight excluding hydrogens is 228 g/mol. The zero-order valence-corrected chi connectivity index (χ0v) is 10.5. The number of aliphatic hydroxyl groups is 1. The van der Waals surface area contributed by atoms with Gasteiger partial charge in [-0.3, -0.25) is 4.79 Å². The van der Waals surface area contributed by atoms with E-state index in [1.54, 1.807) is 12.1 Å². The highest BCUT2D eigenvalue weighted by molar-refractivity contribution is 5.92. The van der Waals surface area contributed by atoms with Gasteiger partial charge in [-0.25, -0.2) is 0 Å². The van der Waals surface area contributed by atoms with Crippen LogP contribution in [0.1, 0.15) is 37.7 Å². The van der Waals surface area contributed by atoms with Crippen LogP contribution < -0.4 is 11.1 Å². The lowest BCUT2D eigenvalue weighted by molar-refractivity contribution is -0.117. The number of anilines is 1. The first kappa shape index (κ1) is 13.1. The van der Waals surface area contributed by atoms with Gasteiger partial charge in [-0.1, -0.05) is 31.0 Å². The molecular formula is C14H20N2O2. The average molecular weight is 248 g/mol. The Balaban J connectivity index is 1.98. The molecule has 0 aromatic heterocycles. The monoisotopic (exact) mass is 248 g/mol. The number of aliphatic hydroxyl groups excluding tert-OH is 1. The van der Waals surface area contributed by atoms with Crippen LogP contribution >= 0.6 is 0 Å². The summed E-state index contributed by atoms with van der Waals surface area (Å²) in [5.74, 6) is -0.0692. The van der Waals surface area contributed by atoms with E-state index in [1.807, 2.05) is 12.1 Å². The number of rotatable bonds is 4. The molecule has 4 nitrogen and oxygen atoms in total. The van der Waals surface area contributed by atoms with Gasteiger partial charge in [0.05, 0.1) is 6.61 Å². The van der Waals surface area contributed by atoms with E-state index in [0.717, 1.165) is 31.2 Å². The quantitative estimate of drug-likeness (QED) is 0.760. The van der Waals surface area contributed by atoms with Crippen molar-refractivity contribution in [3.63, 3.8) is 0 Å². The first-order chi connectivity index (χ1) is 8.63. The molecule has 4 N–H and O–H groups in total. The standard InChI is InChI=1S/C14H20N2O2/c15-14(7-3-4-8-14)9-13(18)16-12-6-2-1-5-11(12)10-17/h1-2,5-6,17H,3-4,7-10,15H2,(H,16,18). The number of nitrogens with two attached hydrogens (primary N) is 1. The first-order valence-electron chi connectivity index (χ1n) is 6.40. The lowest BCUT2D eigenvalue weighted by atomic mass is 9.94. The third-order valence-corrected chi connectivity index (χ3v) is 3.57. The summed E-state index contributed by atoms with van der Waals surface area (Å²) in [7, 11) is 0. The third kappa shape index (κ3) is 3.09. The van der Waals surface area contributed by atoms with E-state index in [0.29, 0.717) is 12.1 Å². The molecule has 0 bridgehead atoms. The lowest BCUT2D eigenvalue weighted by Crippen LogP contribution is -2.40. The Labute approximate surface area is 107 Å². The van der Waals surface area contributed by atoms with Crippen LogP contribution in [0.5, 0.6) is 0 Å². The van der Waals surface area contributed by atoms with Crippen LogP contribution in [0, 0.1) is 0 Å². The molecule has 0 unspecified atom stereocenters. The summed E-state index contributed by atoms with van der Waals surface area (Å²) in [6, 6.07) is 7.26. The molecule has 1 aromatic rings. The van der Waals surface area contributed by atoms with Gasteiger partial charge in [-0.2, -0.15) is 0 Å². The lowest BCUT2D eigenvalue weighted by Gasteiger charge is -2.22. The van der Waals surface area contributed by atoms with E-state index in [2.05, 4.69) is 5.32 Å². The van der Waals surface area contributed by atoms with Crippen molar-refractivity contribution in [2.45, 2.75) is 44.2 Å². The van der Waals surface area contributed by atoms with Gasteiger partial charge in [0.1, 0.15) is 0 Å². The molecule has 1 aromatic carbocycles. The van der Waals surface area contributed by atoms with Gasteiger partial charge in [-0.15, -0.1) is 0 Å². The van der Waals surface area contributed by atoms with Crippen LogP contribution in [-0.4, -0.2) is 16.6 Å². The molecule has 1 aliphatic rings. The molecule has 0 atom stereocenters. The van der Waals surface area contributed by atoms with Crippen molar-refractivity contribution in [3.05, 3.63) is 29.8 Å². The Morgan fingerprint density at radius 1 is 1.33 bits per heavy atom. The van der Waals surface area contributed by atoms with E-state index < -0.39 is 0 Å². The van der Waals surface area contributed by atoms with E-state index in [4.69, 9.17) is 5.73 Å². The second kappa shape index (κ2) is 5.50. The van der Waals surface area contributed by atoms with Crippen molar-refractivity contribution in [1.29, 1.82) is 0 Å². The normalized spacial score (nSPS) is 17.7. The average Bonchev–Trinajstić information content (AvgIpc) is 2.76. The van der Waals surface area contributed by atoms with Gasteiger partial charge in [0.25, 0.3) is 0 Å². The van der Waals surface area contributed by atoms with E-state index in [9.17, 15) is 9.90 Å². The fourth-order valence-electron chi connectivity index (χ4n) is 2.55. The highest BCUT2D eigenvalue weighted by Crippen LogP contribution is 2.30. The van der Waals surface area contributed by atoms with Gasteiger partial charge in [0.15, 0.2) is 0 Å². The Hall–Kier alpha value is -1.39. The minimum absolute atomic E-state index is 0.0692. The molecule has 1 fully saturated rings. The van der Waals surface area contributed by atoms with E-state index >= 15 is 0 Å². The number of nitrogens with one attached hydrogen (secondary N) is 1. The summed E-state index contributed by atoms with van der Waals surface area (Å²) in [5, 5.41) is 12.0. The van der Waals surface area contributed by atoms with E-state index in [1.165, 1.54) is 0 Å². The molecule has 0 saturated heterocycles. The summed E-state index contributed by atoms with van der Waals surface area (Å²) in [4.78, 5) is 12.0. The van der Waals surface area contributed by atoms with Crippen molar-refractivity contribution in [2.24, 2.45) is 5.73 Å². The molecule has 0 spiro atoms. The molecule has 1 saturated carbocycles. The van der Waals surface area contributed by atoms with E-state index in [-0.39, 0.29) is 18.1 Å². The maximum Gasteiger partial charge on any atom is 0.226 e. The molecule has 0 heterocycles. The second-order valence-electron chi connectivity index (χ2n) is 5.11. The minimum Gasteiger partial charge on any atom is -0.392 e. The summed E-state index contributed by atoms with van der Waals surface area (Å²) in [6.07, 6.45) is 4.41. The number of amides is 1. The van der Waals surface area contributed by atoms with Gasteiger partial charge in [0.2, 0.25) is 5.91 Å². The highest BCUT2D eigenvalue weighted by Gasteiger charge is 2.31. The third-order valence-electron chi connectivity index (χ3n) is 3.57. The first-order valence-corrected chi connectivity index (χ1v) is 6.40. The maximum absolute atomic E-state index is 12.0. The Kier molecular flexibility index (Phi) is 3.99. The molecule has 18 heavy (non-hydrogen) atoms. The Bertz CT molecular complexity index is 426. The van der Waals surface area contributed by atoms with Crippen molar-refractivity contribution >= 4 is 11.6 Å². The summed E-state index contributed by atoms with van der Waals surface area (Å²) >= 11 is 0. The van der Waals surface area contributed by atoms with Gasteiger partial charge >= 0.3 is 0 Å². The molecule has 2 rings (SSSR count). The van der Waals surface area contributed by atoms with Gasteiger partial charge in [-0.05, 0) is 18.9 Å². The molecule has 0 aliphatic heterocycles. The summed E-state index contributed by atoms with van der Waals surface area (Å²) in [5.41, 5.74) is 7.24. The highest BCUT2D eigenvalue weighted by atomic mass is 16.3. The smallest absolute Gasteiger partial charge is 0.226 e. The zero-order chi connectivity index (χ0) is 13.0. The number of hydrogen-bond acceptors (Lipinski definition) is 3. The van der Waals surface area contributed by atoms with Crippen molar-refractivity contribution in [3.8, 4) is 0 Å². The van der Waals surface area contributed by atoms with Gasteiger partial charge < -0.3 is 16.2 Å². The Morgan fingerprint density at radius 2 is 2.00 bits per heavy atom. The van der Waals surface area contributed by atoms with Crippen LogP contribution in [0.4, 0.5) is 5.69 Å². The topological polar surface area (TPSA) is 75.4 Å². The predicted octanol–water partition coefficient (Wildman–Crippen LogP) is 1.78. The number of benzene rings is 1. The Morgan fingerprint density at radius 3 is 2.67 bits per heavy atom. The fourth-order valence-corrected chi connectivity index (χ4v) is 2.55. The largest absolute Gasteiger partial charge is 0.392 e. The van der Waals surface area contributed by atoms with Crippen molar-refractivity contribution in [1.82, 2.24) is 0 Å². The summed E-state index contributed by atoms with van der Waals surface area (Å²) in [6.45, 7) is -0.0791. The zero-order valence-electron chi connectivity index (χ0n) is 10.5. The number of para-hydroxylation sites is 1. The molecule has 1 amide bonds. The van der Waals surface area contributed by atoms with Crippen LogP contribution in [0.3, 0.4) is 0 Å². The maximum atomic E-state index is 12.0. The molecule has 4 heteroatoms. The SMILES string of the molecule is NC1(CC(=O)Nc2ccccc2CO)CCCC1. The van der Waals surface area contributed by atoms with Crippen LogP contribution in [-0.2, 0) is 11.4 Å². The van der Waals surface area contributed by atoms with Crippen molar-refractivity contribution in [2.75, 3.05) is 5.32 Å². The predicted molar refractivity (Wildman–Crippen MR) is 71.0 cm³/mol. The van der Waals surface area contributed by atoms with Crippen LogP contribution in [0.25, 0.3) is 0 Å². The molecule has 0 radical (unpaired) electrons. The number of hydrogen-bond donors (Lipinski definition) is 3.